The highest BCUT2D eigenvalue weighted by Crippen LogP contribution is 2.18. The van der Waals surface area contributed by atoms with Gasteiger partial charge in [0, 0.05) is 0 Å². The summed E-state index contributed by atoms with van der Waals surface area (Å²) in [5, 5.41) is 27.2. The van der Waals surface area contributed by atoms with Crippen LogP contribution in [0.4, 0.5) is 0 Å². The minimum absolute atomic E-state index is 0.112. The number of carboxylic acid groups (broad SMARTS) is 2. The lowest BCUT2D eigenvalue weighted by Gasteiger charge is -2.30. The number of carbonyl (C=O) groups is 3. The highest BCUT2D eigenvalue weighted by Gasteiger charge is 2.29. The normalized spacial score (nSPS) is 22.2. The summed E-state index contributed by atoms with van der Waals surface area (Å²) in [7, 11) is 0. The second-order valence-corrected chi connectivity index (χ2v) is 5.26. The topological polar surface area (TPSA) is 150 Å². The van der Waals surface area contributed by atoms with Gasteiger partial charge in [0.05, 0.1) is 17.7 Å². The van der Waals surface area contributed by atoms with Gasteiger partial charge in [-0.1, -0.05) is 12.8 Å². The van der Waals surface area contributed by atoms with Crippen molar-refractivity contribution in [2.24, 2.45) is 5.73 Å². The van der Waals surface area contributed by atoms with Crippen molar-refractivity contribution in [2.75, 3.05) is 0 Å². The molecule has 0 radical (unpaired) electrons. The average Bonchev–Trinajstić information content (AvgIpc) is 2.31. The molecule has 2 atom stereocenters. The number of aliphatic hydroxyl groups excluding tert-OH is 1. The number of carbonyl (C=O) groups excluding carboxylic acids is 1. The quantitative estimate of drug-likeness (QED) is 0.422. The van der Waals surface area contributed by atoms with E-state index < -0.39 is 23.6 Å². The van der Waals surface area contributed by atoms with E-state index in [1.54, 1.807) is 13.8 Å². The van der Waals surface area contributed by atoms with Crippen molar-refractivity contribution in [1.29, 1.82) is 0 Å². The third kappa shape index (κ3) is 7.05. The van der Waals surface area contributed by atoms with Crippen LogP contribution in [0.15, 0.2) is 0 Å². The molecule has 8 heteroatoms. The van der Waals surface area contributed by atoms with E-state index in [0.717, 1.165) is 25.7 Å². The van der Waals surface area contributed by atoms with E-state index in [0.29, 0.717) is 0 Å². The fourth-order valence-corrected chi connectivity index (χ4v) is 1.63. The molecule has 1 rings (SSSR count). The molecule has 0 unspecified atom stereocenters. The summed E-state index contributed by atoms with van der Waals surface area (Å²) in [6.45, 7) is 3.33. The van der Waals surface area contributed by atoms with Gasteiger partial charge in [-0.25, -0.2) is 9.59 Å². The van der Waals surface area contributed by atoms with Crippen LogP contribution in [0.2, 0.25) is 0 Å². The Morgan fingerprint density at radius 3 is 1.90 bits per heavy atom. The third-order valence-electron chi connectivity index (χ3n) is 2.81. The van der Waals surface area contributed by atoms with Crippen molar-refractivity contribution in [3.05, 3.63) is 0 Å². The minimum Gasteiger partial charge on any atom is -0.473 e. The molecule has 1 amide bonds. The van der Waals surface area contributed by atoms with E-state index in [9.17, 15) is 9.90 Å². The van der Waals surface area contributed by atoms with Crippen molar-refractivity contribution in [1.82, 2.24) is 5.32 Å². The highest BCUT2D eigenvalue weighted by molar-refractivity contribution is 6.27. The molecule has 1 saturated carbocycles. The summed E-state index contributed by atoms with van der Waals surface area (Å²) in [5.41, 5.74) is 4.78. The standard InChI is InChI=1S/C10H20N2O2.C2H2O4/c1-10(2,11)9(14)12-7-5-3-4-6-8(7)13;3-1(4)2(5)6/h7-8,13H,3-6,11H2,1-2H3,(H,12,14);(H,3,4)(H,5,6)/t7-,8-;/m1./s1. The lowest BCUT2D eigenvalue weighted by molar-refractivity contribution is -0.159. The van der Waals surface area contributed by atoms with Crippen LogP contribution in [-0.4, -0.2) is 50.9 Å². The predicted molar refractivity (Wildman–Crippen MR) is 69.9 cm³/mol. The Labute approximate surface area is 117 Å². The minimum atomic E-state index is -1.82. The summed E-state index contributed by atoms with van der Waals surface area (Å²) in [4.78, 5) is 29.7. The van der Waals surface area contributed by atoms with Crippen LogP contribution in [0.1, 0.15) is 39.5 Å². The Hall–Kier alpha value is -1.67. The van der Waals surface area contributed by atoms with Gasteiger partial charge >= 0.3 is 11.9 Å². The number of nitrogens with one attached hydrogen (secondary N) is 1. The molecule has 0 aromatic rings. The Morgan fingerprint density at radius 1 is 1.10 bits per heavy atom. The Bertz CT molecular complexity index is 351. The molecule has 8 nitrogen and oxygen atoms in total. The van der Waals surface area contributed by atoms with Crippen LogP contribution in [0.5, 0.6) is 0 Å². The maximum Gasteiger partial charge on any atom is 0.414 e. The first-order valence-corrected chi connectivity index (χ1v) is 6.29. The van der Waals surface area contributed by atoms with Crippen molar-refractivity contribution < 1.29 is 29.7 Å². The molecule has 6 N–H and O–H groups in total. The second-order valence-electron chi connectivity index (χ2n) is 5.26. The zero-order chi connectivity index (χ0) is 15.9. The first-order chi connectivity index (χ1) is 9.05. The largest absolute Gasteiger partial charge is 0.473 e. The van der Waals surface area contributed by atoms with Crippen LogP contribution in [0.25, 0.3) is 0 Å². The maximum absolute atomic E-state index is 11.5. The zero-order valence-corrected chi connectivity index (χ0v) is 11.6. The van der Waals surface area contributed by atoms with Gasteiger partial charge in [-0.2, -0.15) is 0 Å². The van der Waals surface area contributed by atoms with Crippen LogP contribution < -0.4 is 11.1 Å². The van der Waals surface area contributed by atoms with Gasteiger partial charge in [-0.3, -0.25) is 4.79 Å². The molecule has 116 valence electrons. The molecule has 1 fully saturated rings. The maximum atomic E-state index is 11.5. The summed E-state index contributed by atoms with van der Waals surface area (Å²) >= 11 is 0. The van der Waals surface area contributed by atoms with Gasteiger partial charge in [-0.15, -0.1) is 0 Å². The van der Waals surface area contributed by atoms with Gasteiger partial charge < -0.3 is 26.4 Å². The van der Waals surface area contributed by atoms with Crippen LogP contribution in [0, 0.1) is 0 Å². The lowest BCUT2D eigenvalue weighted by Crippen LogP contribution is -2.55. The molecule has 0 bridgehead atoms. The van der Waals surface area contributed by atoms with Crippen LogP contribution in [0.3, 0.4) is 0 Å². The molecule has 0 aromatic carbocycles. The average molecular weight is 290 g/mol. The van der Waals surface area contributed by atoms with Gasteiger partial charge in [0.25, 0.3) is 0 Å². The molecule has 0 aromatic heterocycles. The molecule has 20 heavy (non-hydrogen) atoms. The first-order valence-electron chi connectivity index (χ1n) is 6.29. The number of aliphatic hydroxyl groups is 1. The fraction of sp³-hybridized carbons (Fsp3) is 0.750. The summed E-state index contributed by atoms with van der Waals surface area (Å²) in [5.74, 6) is -3.84. The van der Waals surface area contributed by atoms with E-state index >= 15 is 0 Å². The number of amides is 1. The van der Waals surface area contributed by atoms with Gasteiger partial charge in [0.1, 0.15) is 0 Å². The Balaban J connectivity index is 0.000000511. The van der Waals surface area contributed by atoms with E-state index in [1.807, 2.05) is 0 Å². The summed E-state index contributed by atoms with van der Waals surface area (Å²) in [6.07, 6.45) is 3.32. The fourth-order valence-electron chi connectivity index (χ4n) is 1.63. The van der Waals surface area contributed by atoms with E-state index in [1.165, 1.54) is 0 Å². The number of hydrogen-bond acceptors (Lipinski definition) is 5. The van der Waals surface area contributed by atoms with Crippen LogP contribution in [-0.2, 0) is 14.4 Å². The van der Waals surface area contributed by atoms with Crippen molar-refractivity contribution in [3.63, 3.8) is 0 Å². The molecular formula is C12H22N2O6. The second kappa shape index (κ2) is 7.81. The third-order valence-corrected chi connectivity index (χ3v) is 2.81. The smallest absolute Gasteiger partial charge is 0.414 e. The molecule has 0 heterocycles. The number of nitrogens with two attached hydrogens (primary N) is 1. The number of carboxylic acids is 2. The predicted octanol–water partition coefficient (Wildman–Crippen LogP) is -0.701. The number of hydrogen-bond donors (Lipinski definition) is 5. The highest BCUT2D eigenvalue weighted by atomic mass is 16.4. The molecular weight excluding hydrogens is 268 g/mol. The zero-order valence-electron chi connectivity index (χ0n) is 11.6. The molecule has 1 aliphatic carbocycles. The van der Waals surface area contributed by atoms with E-state index in [2.05, 4.69) is 5.32 Å². The van der Waals surface area contributed by atoms with Crippen molar-refractivity contribution in [2.45, 2.75) is 57.2 Å². The van der Waals surface area contributed by atoms with Crippen LogP contribution >= 0.6 is 0 Å². The Kier molecular flexibility index (Phi) is 7.16. The number of rotatable bonds is 2. The molecule has 1 aliphatic rings. The van der Waals surface area contributed by atoms with E-state index in [4.69, 9.17) is 25.5 Å². The van der Waals surface area contributed by atoms with Gasteiger partial charge in [-0.05, 0) is 26.7 Å². The van der Waals surface area contributed by atoms with Gasteiger partial charge in [0.15, 0.2) is 0 Å². The van der Waals surface area contributed by atoms with E-state index in [-0.39, 0.29) is 11.9 Å². The monoisotopic (exact) mass is 290 g/mol. The van der Waals surface area contributed by atoms with Gasteiger partial charge in [0.2, 0.25) is 5.91 Å². The SMILES string of the molecule is CC(C)(N)C(=O)N[C@@H]1CCCC[C@H]1O.O=C(O)C(=O)O. The Morgan fingerprint density at radius 2 is 1.55 bits per heavy atom. The molecule has 0 aliphatic heterocycles. The van der Waals surface area contributed by atoms with Crippen molar-refractivity contribution >= 4 is 17.8 Å². The van der Waals surface area contributed by atoms with Crippen molar-refractivity contribution in [3.8, 4) is 0 Å². The lowest BCUT2D eigenvalue weighted by atomic mass is 9.92. The number of aliphatic carboxylic acids is 2. The first kappa shape index (κ1) is 18.3. The molecule has 0 spiro atoms. The summed E-state index contributed by atoms with van der Waals surface area (Å²) < 4.78 is 0. The molecule has 0 saturated heterocycles. The summed E-state index contributed by atoms with van der Waals surface area (Å²) in [6, 6.07) is -0.112.